The van der Waals surface area contributed by atoms with Crippen LogP contribution in [0.5, 0.6) is 11.5 Å². The molecule has 0 atom stereocenters. The fourth-order valence-corrected chi connectivity index (χ4v) is 2.53. The molecule has 0 unspecified atom stereocenters. The van der Waals surface area contributed by atoms with Gasteiger partial charge in [-0.05, 0) is 36.2 Å². The molecule has 0 heterocycles. The molecule has 0 aliphatic rings. The van der Waals surface area contributed by atoms with E-state index in [2.05, 4.69) is 4.74 Å². The molecule has 2 aromatic carbocycles. The van der Waals surface area contributed by atoms with Crippen molar-refractivity contribution in [3.05, 3.63) is 59.9 Å². The zero-order valence-corrected chi connectivity index (χ0v) is 16.0. The van der Waals surface area contributed by atoms with Crippen molar-refractivity contribution < 1.29 is 28.2 Å². The molecule has 0 aromatic heterocycles. The van der Waals surface area contributed by atoms with Crippen LogP contribution in [0, 0.1) is 5.82 Å². The standard InChI is InChI=1S/C21H24FNO5/c1-26-18-4-3-5-19(14-18)28-15-20(24)23(13-11-21(25)27-2)12-10-16-6-8-17(22)9-7-16/h3-9,14H,10-13,15H2,1-2H3. The van der Waals surface area contributed by atoms with Crippen molar-refractivity contribution in [3.63, 3.8) is 0 Å². The number of methoxy groups -OCH3 is 2. The number of benzene rings is 2. The minimum atomic E-state index is -0.395. The van der Waals surface area contributed by atoms with Crippen LogP contribution in [0.15, 0.2) is 48.5 Å². The van der Waals surface area contributed by atoms with Gasteiger partial charge in [-0.2, -0.15) is 0 Å². The molecule has 0 aliphatic heterocycles. The zero-order chi connectivity index (χ0) is 20.4. The van der Waals surface area contributed by atoms with E-state index in [0.29, 0.717) is 24.5 Å². The molecule has 2 rings (SSSR count). The molecule has 6 nitrogen and oxygen atoms in total. The molecule has 0 radical (unpaired) electrons. The van der Waals surface area contributed by atoms with Gasteiger partial charge in [-0.3, -0.25) is 9.59 Å². The second kappa shape index (κ2) is 10.9. The van der Waals surface area contributed by atoms with Crippen LogP contribution in [0.4, 0.5) is 4.39 Å². The normalized spacial score (nSPS) is 10.2. The number of esters is 1. The van der Waals surface area contributed by atoms with Crippen LogP contribution in [0.2, 0.25) is 0 Å². The van der Waals surface area contributed by atoms with Crippen LogP contribution in [0.25, 0.3) is 0 Å². The smallest absolute Gasteiger partial charge is 0.307 e. The predicted molar refractivity (Wildman–Crippen MR) is 102 cm³/mol. The molecular formula is C21H24FNO5. The third-order valence-electron chi connectivity index (χ3n) is 4.15. The molecular weight excluding hydrogens is 365 g/mol. The third-order valence-corrected chi connectivity index (χ3v) is 4.15. The van der Waals surface area contributed by atoms with Crippen molar-refractivity contribution in [2.75, 3.05) is 33.9 Å². The lowest BCUT2D eigenvalue weighted by atomic mass is 10.1. The Kier molecular flexibility index (Phi) is 8.27. The van der Waals surface area contributed by atoms with Crippen LogP contribution in [0.3, 0.4) is 0 Å². The van der Waals surface area contributed by atoms with Crippen molar-refractivity contribution in [1.29, 1.82) is 0 Å². The van der Waals surface area contributed by atoms with Gasteiger partial charge in [0.2, 0.25) is 0 Å². The Morgan fingerprint density at radius 2 is 1.71 bits per heavy atom. The summed E-state index contributed by atoms with van der Waals surface area (Å²) >= 11 is 0. The summed E-state index contributed by atoms with van der Waals surface area (Å²) in [4.78, 5) is 25.6. The molecule has 0 aliphatic carbocycles. The fraction of sp³-hybridized carbons (Fsp3) is 0.333. The Bertz CT molecular complexity index is 779. The number of halogens is 1. The van der Waals surface area contributed by atoms with E-state index in [4.69, 9.17) is 9.47 Å². The molecule has 0 saturated heterocycles. The van der Waals surface area contributed by atoms with Gasteiger partial charge in [0.25, 0.3) is 5.91 Å². The number of carbonyl (C=O) groups excluding carboxylic acids is 2. The highest BCUT2D eigenvalue weighted by atomic mass is 19.1. The number of hydrogen-bond donors (Lipinski definition) is 0. The quantitative estimate of drug-likeness (QED) is 0.585. The van der Waals surface area contributed by atoms with E-state index in [1.54, 1.807) is 48.4 Å². The van der Waals surface area contributed by atoms with E-state index in [-0.39, 0.29) is 31.3 Å². The van der Waals surface area contributed by atoms with Gasteiger partial charge in [-0.1, -0.05) is 18.2 Å². The summed E-state index contributed by atoms with van der Waals surface area (Å²) in [5.41, 5.74) is 0.894. The molecule has 0 spiro atoms. The number of hydrogen-bond acceptors (Lipinski definition) is 5. The maximum atomic E-state index is 13.0. The molecule has 28 heavy (non-hydrogen) atoms. The number of ether oxygens (including phenoxy) is 3. The number of nitrogens with zero attached hydrogens (tertiary/aromatic N) is 1. The zero-order valence-electron chi connectivity index (χ0n) is 16.0. The lowest BCUT2D eigenvalue weighted by molar-refractivity contribution is -0.142. The van der Waals surface area contributed by atoms with E-state index in [9.17, 15) is 14.0 Å². The van der Waals surface area contributed by atoms with Crippen LogP contribution in [0.1, 0.15) is 12.0 Å². The highest BCUT2D eigenvalue weighted by molar-refractivity contribution is 5.78. The lowest BCUT2D eigenvalue weighted by Crippen LogP contribution is -2.38. The fourth-order valence-electron chi connectivity index (χ4n) is 2.53. The van der Waals surface area contributed by atoms with Gasteiger partial charge < -0.3 is 19.1 Å². The van der Waals surface area contributed by atoms with E-state index < -0.39 is 5.97 Å². The Hall–Kier alpha value is -3.09. The minimum absolute atomic E-state index is 0.0881. The predicted octanol–water partition coefficient (Wildman–Crippen LogP) is 2.85. The molecule has 0 N–H and O–H groups in total. The van der Waals surface area contributed by atoms with Gasteiger partial charge in [0.1, 0.15) is 17.3 Å². The van der Waals surface area contributed by atoms with Gasteiger partial charge in [-0.25, -0.2) is 4.39 Å². The highest BCUT2D eigenvalue weighted by Crippen LogP contribution is 2.18. The van der Waals surface area contributed by atoms with Gasteiger partial charge in [0.15, 0.2) is 6.61 Å². The van der Waals surface area contributed by atoms with Gasteiger partial charge in [0, 0.05) is 19.2 Å². The average molecular weight is 389 g/mol. The maximum Gasteiger partial charge on any atom is 0.307 e. The summed E-state index contributed by atoms with van der Waals surface area (Å²) in [7, 11) is 2.85. The van der Waals surface area contributed by atoms with Crippen molar-refractivity contribution in [3.8, 4) is 11.5 Å². The van der Waals surface area contributed by atoms with Crippen molar-refractivity contribution in [1.82, 2.24) is 4.90 Å². The van der Waals surface area contributed by atoms with Crippen LogP contribution < -0.4 is 9.47 Å². The Labute approximate surface area is 163 Å². The second-order valence-corrected chi connectivity index (χ2v) is 6.05. The summed E-state index contributed by atoms with van der Waals surface area (Å²) < 4.78 is 28.4. The molecule has 0 saturated carbocycles. The SMILES string of the molecule is COC(=O)CCN(CCc1ccc(F)cc1)C(=O)COc1cccc(OC)c1. The van der Waals surface area contributed by atoms with Gasteiger partial charge >= 0.3 is 5.97 Å². The van der Waals surface area contributed by atoms with Gasteiger partial charge in [0.05, 0.1) is 20.6 Å². The first-order valence-electron chi connectivity index (χ1n) is 8.87. The monoisotopic (exact) mass is 389 g/mol. The van der Waals surface area contributed by atoms with E-state index in [1.165, 1.54) is 19.2 Å². The van der Waals surface area contributed by atoms with Crippen LogP contribution in [-0.4, -0.2) is 50.7 Å². The van der Waals surface area contributed by atoms with E-state index in [1.807, 2.05) is 0 Å². The second-order valence-electron chi connectivity index (χ2n) is 6.05. The van der Waals surface area contributed by atoms with Crippen molar-refractivity contribution in [2.45, 2.75) is 12.8 Å². The first-order valence-corrected chi connectivity index (χ1v) is 8.87. The van der Waals surface area contributed by atoms with Gasteiger partial charge in [-0.15, -0.1) is 0 Å². The Morgan fingerprint density at radius 1 is 1.00 bits per heavy atom. The number of rotatable bonds is 10. The number of carbonyl (C=O) groups is 2. The molecule has 0 fully saturated rings. The molecule has 1 amide bonds. The van der Waals surface area contributed by atoms with Crippen LogP contribution >= 0.6 is 0 Å². The average Bonchev–Trinajstić information content (AvgIpc) is 2.73. The number of amides is 1. The lowest BCUT2D eigenvalue weighted by Gasteiger charge is -2.22. The first-order chi connectivity index (χ1) is 13.5. The topological polar surface area (TPSA) is 65.1 Å². The molecule has 150 valence electrons. The van der Waals surface area contributed by atoms with Crippen molar-refractivity contribution in [2.24, 2.45) is 0 Å². The summed E-state index contributed by atoms with van der Waals surface area (Å²) in [6.45, 7) is 0.425. The molecule has 2 aromatic rings. The maximum absolute atomic E-state index is 13.0. The summed E-state index contributed by atoms with van der Waals surface area (Å²) in [5.74, 6) is 0.180. The molecule has 7 heteroatoms. The molecule has 0 bridgehead atoms. The van der Waals surface area contributed by atoms with E-state index in [0.717, 1.165) is 5.56 Å². The summed E-state index contributed by atoms with van der Waals surface area (Å²) in [6, 6.07) is 13.1. The summed E-state index contributed by atoms with van der Waals surface area (Å²) in [6.07, 6.45) is 0.622. The Morgan fingerprint density at radius 3 is 2.39 bits per heavy atom. The Balaban J connectivity index is 1.96. The van der Waals surface area contributed by atoms with E-state index >= 15 is 0 Å². The third kappa shape index (κ3) is 6.90. The summed E-state index contributed by atoms with van der Waals surface area (Å²) in [5, 5.41) is 0. The minimum Gasteiger partial charge on any atom is -0.497 e. The highest BCUT2D eigenvalue weighted by Gasteiger charge is 2.16. The van der Waals surface area contributed by atoms with Crippen LogP contribution in [-0.2, 0) is 20.7 Å². The largest absolute Gasteiger partial charge is 0.497 e. The first kappa shape index (κ1) is 21.2. The van der Waals surface area contributed by atoms with Crippen molar-refractivity contribution >= 4 is 11.9 Å².